The van der Waals surface area contributed by atoms with Gasteiger partial charge in [-0.25, -0.2) is 0 Å². The maximum absolute atomic E-state index is 11.4. The van der Waals surface area contributed by atoms with Gasteiger partial charge in [-0.2, -0.15) is 0 Å². The maximum Gasteiger partial charge on any atom is 0.254 e. The average molecular weight is 351 g/mol. The third kappa shape index (κ3) is 5.17. The first-order valence-electron chi connectivity index (χ1n) is 9.11. The molecule has 1 heterocycles. The van der Waals surface area contributed by atoms with Crippen molar-refractivity contribution in [2.24, 2.45) is 5.73 Å². The highest BCUT2D eigenvalue weighted by atomic mass is 16.5. The molecule has 2 aromatic rings. The van der Waals surface area contributed by atoms with Crippen molar-refractivity contribution in [2.45, 2.75) is 38.6 Å². The molecule has 0 saturated carbocycles. The highest BCUT2D eigenvalue weighted by Crippen LogP contribution is 2.24. The first-order valence-corrected chi connectivity index (χ1v) is 9.11. The summed E-state index contributed by atoms with van der Waals surface area (Å²) in [6, 6.07) is 9.47. The molecule has 1 amide bonds. The van der Waals surface area contributed by atoms with Crippen LogP contribution in [0.15, 0.2) is 54.4 Å². The summed E-state index contributed by atoms with van der Waals surface area (Å²) < 4.78 is 5.76. The number of hydrogen-bond donors (Lipinski definition) is 2. The van der Waals surface area contributed by atoms with Crippen molar-refractivity contribution in [1.29, 1.82) is 0 Å². The number of allylic oxidation sites excluding steroid dienone is 1. The Balaban J connectivity index is 1.49. The largest absolute Gasteiger partial charge is 0.456 e. The van der Waals surface area contributed by atoms with Gasteiger partial charge < -0.3 is 15.8 Å². The number of rotatable bonds is 8. The number of carbonyl (C=O) groups excluding carboxylic acids is 1. The fraction of sp³-hybridized carbons (Fsp3) is 0.333. The molecule has 1 aliphatic carbocycles. The molecule has 0 spiro atoms. The summed E-state index contributed by atoms with van der Waals surface area (Å²) in [5.41, 5.74) is 8.40. The standard InChI is InChI=1S/C21H25N3O2/c22-21(25)19-15-24-13-11-20(19)26-18-8-6-17(7-9-18)14-23-12-10-16-4-2-1-3-5-16/h4,6-9,11,13,15,23H,1-3,5,10,12,14H2,(H2,22,25). The minimum absolute atomic E-state index is 0.273. The van der Waals surface area contributed by atoms with Gasteiger partial charge in [0.05, 0.1) is 0 Å². The van der Waals surface area contributed by atoms with Gasteiger partial charge in [-0.3, -0.25) is 9.78 Å². The summed E-state index contributed by atoms with van der Waals surface area (Å²) in [5, 5.41) is 3.49. The normalized spacial score (nSPS) is 13.9. The Morgan fingerprint density at radius 2 is 2.04 bits per heavy atom. The number of nitrogens with zero attached hydrogens (tertiary/aromatic N) is 1. The third-order valence-electron chi connectivity index (χ3n) is 4.53. The van der Waals surface area contributed by atoms with Gasteiger partial charge in [0.25, 0.3) is 5.91 Å². The first-order chi connectivity index (χ1) is 12.7. The van der Waals surface area contributed by atoms with Crippen molar-refractivity contribution in [3.63, 3.8) is 0 Å². The first kappa shape index (κ1) is 18.1. The van der Waals surface area contributed by atoms with E-state index in [0.29, 0.717) is 11.5 Å². The molecule has 1 aliphatic rings. The number of hydrogen-bond acceptors (Lipinski definition) is 4. The minimum atomic E-state index is -0.554. The van der Waals surface area contributed by atoms with Crippen molar-refractivity contribution in [1.82, 2.24) is 10.3 Å². The number of ether oxygens (including phenoxy) is 1. The van der Waals surface area contributed by atoms with Crippen LogP contribution in [0.25, 0.3) is 0 Å². The van der Waals surface area contributed by atoms with E-state index < -0.39 is 5.91 Å². The van der Waals surface area contributed by atoms with Crippen molar-refractivity contribution >= 4 is 5.91 Å². The lowest BCUT2D eigenvalue weighted by atomic mass is 9.97. The fourth-order valence-corrected chi connectivity index (χ4v) is 3.07. The van der Waals surface area contributed by atoms with Crippen LogP contribution in [0.2, 0.25) is 0 Å². The zero-order valence-corrected chi connectivity index (χ0v) is 14.9. The molecule has 0 radical (unpaired) electrons. The van der Waals surface area contributed by atoms with E-state index in [1.54, 1.807) is 17.8 Å². The van der Waals surface area contributed by atoms with E-state index in [4.69, 9.17) is 10.5 Å². The number of benzene rings is 1. The lowest BCUT2D eigenvalue weighted by molar-refractivity contribution is 0.0997. The van der Waals surface area contributed by atoms with Crippen LogP contribution in [0.4, 0.5) is 0 Å². The van der Waals surface area contributed by atoms with Gasteiger partial charge in [0.15, 0.2) is 0 Å². The zero-order valence-electron chi connectivity index (χ0n) is 14.9. The van der Waals surface area contributed by atoms with Crippen molar-refractivity contribution < 1.29 is 9.53 Å². The molecule has 1 aromatic carbocycles. The molecule has 3 rings (SSSR count). The molecule has 26 heavy (non-hydrogen) atoms. The molecular weight excluding hydrogens is 326 g/mol. The monoisotopic (exact) mass is 351 g/mol. The van der Waals surface area contributed by atoms with Crippen molar-refractivity contribution in [3.8, 4) is 11.5 Å². The van der Waals surface area contributed by atoms with Gasteiger partial charge >= 0.3 is 0 Å². The Kier molecular flexibility index (Phi) is 6.39. The Labute approximate surface area is 154 Å². The molecule has 3 N–H and O–H groups in total. The Morgan fingerprint density at radius 3 is 2.77 bits per heavy atom. The SMILES string of the molecule is NC(=O)c1cnccc1Oc1ccc(CNCCC2=CCCCC2)cc1. The van der Waals surface area contributed by atoms with Gasteiger partial charge in [-0.15, -0.1) is 0 Å². The van der Waals surface area contributed by atoms with Crippen LogP contribution in [-0.4, -0.2) is 17.4 Å². The van der Waals surface area contributed by atoms with Gasteiger partial charge in [0, 0.05) is 18.9 Å². The second-order valence-corrected chi connectivity index (χ2v) is 6.52. The second-order valence-electron chi connectivity index (χ2n) is 6.52. The van der Waals surface area contributed by atoms with Crippen LogP contribution in [0.1, 0.15) is 48.0 Å². The molecule has 0 atom stereocenters. The maximum atomic E-state index is 11.4. The molecular formula is C21H25N3O2. The van der Waals surface area contributed by atoms with E-state index in [0.717, 1.165) is 19.5 Å². The molecule has 0 saturated heterocycles. The Bertz CT molecular complexity index is 769. The van der Waals surface area contributed by atoms with E-state index in [2.05, 4.69) is 16.4 Å². The number of carbonyl (C=O) groups is 1. The highest BCUT2D eigenvalue weighted by molar-refractivity contribution is 5.95. The lowest BCUT2D eigenvalue weighted by Crippen LogP contribution is -2.15. The average Bonchev–Trinajstić information content (AvgIpc) is 2.67. The molecule has 0 aliphatic heterocycles. The van der Waals surface area contributed by atoms with Crippen LogP contribution in [0.5, 0.6) is 11.5 Å². The molecule has 0 fully saturated rings. The number of aromatic nitrogens is 1. The number of amides is 1. The second kappa shape index (κ2) is 9.15. The molecule has 136 valence electrons. The van der Waals surface area contributed by atoms with Crippen LogP contribution >= 0.6 is 0 Å². The van der Waals surface area contributed by atoms with E-state index in [9.17, 15) is 4.79 Å². The summed E-state index contributed by atoms with van der Waals surface area (Å²) in [5.74, 6) is 0.524. The van der Waals surface area contributed by atoms with Gasteiger partial charge in [-0.05, 0) is 62.4 Å². The van der Waals surface area contributed by atoms with Crippen LogP contribution < -0.4 is 15.8 Å². The molecule has 5 heteroatoms. The van der Waals surface area contributed by atoms with Gasteiger partial charge in [0.1, 0.15) is 17.1 Å². The summed E-state index contributed by atoms with van der Waals surface area (Å²) in [6.45, 7) is 1.83. The van der Waals surface area contributed by atoms with Crippen molar-refractivity contribution in [2.75, 3.05) is 6.54 Å². The Morgan fingerprint density at radius 1 is 1.19 bits per heavy atom. The predicted molar refractivity (Wildman–Crippen MR) is 102 cm³/mol. The highest BCUT2D eigenvalue weighted by Gasteiger charge is 2.10. The number of primary amides is 1. The van der Waals surface area contributed by atoms with E-state index in [1.807, 2.05) is 24.3 Å². The summed E-state index contributed by atoms with van der Waals surface area (Å²) in [7, 11) is 0. The van der Waals surface area contributed by atoms with Crippen LogP contribution in [0.3, 0.4) is 0 Å². The van der Waals surface area contributed by atoms with E-state index >= 15 is 0 Å². The minimum Gasteiger partial charge on any atom is -0.456 e. The number of nitrogens with two attached hydrogens (primary N) is 1. The molecule has 0 unspecified atom stereocenters. The Hall–Kier alpha value is -2.66. The van der Waals surface area contributed by atoms with Crippen molar-refractivity contribution in [3.05, 3.63) is 65.5 Å². The summed E-state index contributed by atoms with van der Waals surface area (Å²) in [6.07, 6.45) is 11.7. The quantitative estimate of drug-likeness (QED) is 0.557. The summed E-state index contributed by atoms with van der Waals surface area (Å²) in [4.78, 5) is 15.3. The third-order valence-corrected chi connectivity index (χ3v) is 4.53. The lowest BCUT2D eigenvalue weighted by Gasteiger charge is -2.13. The fourth-order valence-electron chi connectivity index (χ4n) is 3.07. The number of pyridine rings is 1. The smallest absolute Gasteiger partial charge is 0.254 e. The topological polar surface area (TPSA) is 77.2 Å². The predicted octanol–water partition coefficient (Wildman–Crippen LogP) is 3.95. The number of nitrogens with one attached hydrogen (secondary N) is 1. The van der Waals surface area contributed by atoms with E-state index in [-0.39, 0.29) is 5.56 Å². The van der Waals surface area contributed by atoms with Crippen LogP contribution in [0, 0.1) is 0 Å². The van der Waals surface area contributed by atoms with Gasteiger partial charge in [0.2, 0.25) is 0 Å². The zero-order chi connectivity index (χ0) is 18.2. The van der Waals surface area contributed by atoms with Gasteiger partial charge in [-0.1, -0.05) is 23.8 Å². The van der Waals surface area contributed by atoms with Crippen LogP contribution in [-0.2, 0) is 6.54 Å². The molecule has 5 nitrogen and oxygen atoms in total. The van der Waals surface area contributed by atoms with E-state index in [1.165, 1.54) is 37.4 Å². The summed E-state index contributed by atoms with van der Waals surface area (Å²) >= 11 is 0. The molecule has 1 aromatic heterocycles. The molecule has 0 bridgehead atoms.